The average Bonchev–Trinajstić information content (AvgIpc) is 3.36. The van der Waals surface area contributed by atoms with Crippen LogP contribution >= 0.6 is 11.3 Å². The van der Waals surface area contributed by atoms with Crippen LogP contribution in [0.15, 0.2) is 66.0 Å². The molecule has 0 radical (unpaired) electrons. The first-order chi connectivity index (χ1) is 16.6. The Hall–Kier alpha value is -3.19. The molecule has 2 amide bonds. The van der Waals surface area contributed by atoms with Crippen LogP contribution in [0.2, 0.25) is 0 Å². The van der Waals surface area contributed by atoms with Crippen LogP contribution < -0.4 is 15.0 Å². The summed E-state index contributed by atoms with van der Waals surface area (Å²) < 4.78 is 19.9. The quantitative estimate of drug-likeness (QED) is 0.453. The maximum absolute atomic E-state index is 14.3. The number of para-hydroxylation sites is 1. The van der Waals surface area contributed by atoms with Gasteiger partial charge in [-0.3, -0.25) is 14.5 Å². The first-order valence-electron chi connectivity index (χ1n) is 11.6. The molecule has 1 heterocycles. The number of carbonyl (C=O) groups excluding carboxylic acids is 2. The zero-order valence-corrected chi connectivity index (χ0v) is 20.0. The minimum Gasteiger partial charge on any atom is -0.496 e. The third-order valence-electron chi connectivity index (χ3n) is 6.15. The number of thiophene rings is 1. The molecule has 1 atom stereocenters. The number of anilines is 1. The van der Waals surface area contributed by atoms with Gasteiger partial charge in [0.1, 0.15) is 17.6 Å². The van der Waals surface area contributed by atoms with Crippen molar-refractivity contribution in [3.8, 4) is 5.75 Å². The van der Waals surface area contributed by atoms with Crippen LogP contribution in [0.3, 0.4) is 0 Å². The van der Waals surface area contributed by atoms with Gasteiger partial charge in [-0.25, -0.2) is 4.39 Å². The van der Waals surface area contributed by atoms with Crippen molar-refractivity contribution in [3.63, 3.8) is 0 Å². The molecule has 1 aromatic heterocycles. The van der Waals surface area contributed by atoms with Gasteiger partial charge in [0.2, 0.25) is 11.8 Å². The molecule has 0 bridgehead atoms. The number of rotatable bonds is 8. The molecule has 4 rings (SSSR count). The van der Waals surface area contributed by atoms with Crippen molar-refractivity contribution in [2.45, 2.75) is 50.6 Å². The van der Waals surface area contributed by atoms with Crippen molar-refractivity contribution in [2.24, 2.45) is 0 Å². The predicted octanol–water partition coefficient (Wildman–Crippen LogP) is 5.66. The average molecular weight is 481 g/mol. The van der Waals surface area contributed by atoms with Gasteiger partial charge in [0.15, 0.2) is 0 Å². The molecule has 1 N–H and O–H groups in total. The van der Waals surface area contributed by atoms with Gasteiger partial charge in [0, 0.05) is 22.2 Å². The fourth-order valence-electron chi connectivity index (χ4n) is 4.53. The monoisotopic (exact) mass is 480 g/mol. The van der Waals surface area contributed by atoms with Crippen molar-refractivity contribution < 1.29 is 18.7 Å². The molecule has 7 heteroatoms. The van der Waals surface area contributed by atoms with E-state index < -0.39 is 11.9 Å². The molecule has 34 heavy (non-hydrogen) atoms. The van der Waals surface area contributed by atoms with Crippen LogP contribution in [0.5, 0.6) is 5.75 Å². The fraction of sp³-hybridized carbons (Fsp3) is 0.333. The highest BCUT2D eigenvalue weighted by Crippen LogP contribution is 2.35. The zero-order valence-electron chi connectivity index (χ0n) is 19.2. The van der Waals surface area contributed by atoms with E-state index in [1.165, 1.54) is 35.5 Å². The lowest BCUT2D eigenvalue weighted by atomic mass is 9.94. The number of halogens is 1. The topological polar surface area (TPSA) is 58.6 Å². The van der Waals surface area contributed by atoms with Crippen LogP contribution in [0.1, 0.15) is 48.6 Å². The molecule has 2 aromatic carbocycles. The highest BCUT2D eigenvalue weighted by Gasteiger charge is 2.36. The second-order valence-corrected chi connectivity index (χ2v) is 9.52. The summed E-state index contributed by atoms with van der Waals surface area (Å²) in [5.74, 6) is -0.558. The molecule has 0 spiro atoms. The minimum absolute atomic E-state index is 0.0558. The van der Waals surface area contributed by atoms with E-state index in [1.807, 2.05) is 29.6 Å². The van der Waals surface area contributed by atoms with Crippen molar-refractivity contribution >= 4 is 28.8 Å². The molecule has 1 unspecified atom stereocenters. The number of nitrogens with zero attached hydrogens (tertiary/aromatic N) is 1. The van der Waals surface area contributed by atoms with E-state index in [2.05, 4.69) is 5.32 Å². The number of nitrogens with one attached hydrogen (secondary N) is 1. The summed E-state index contributed by atoms with van der Waals surface area (Å²) in [6.45, 7) is 0. The van der Waals surface area contributed by atoms with Gasteiger partial charge in [-0.05, 0) is 48.6 Å². The highest BCUT2D eigenvalue weighted by atomic mass is 32.1. The zero-order chi connectivity index (χ0) is 23.9. The van der Waals surface area contributed by atoms with E-state index >= 15 is 0 Å². The largest absolute Gasteiger partial charge is 0.496 e. The van der Waals surface area contributed by atoms with Crippen LogP contribution in [0.4, 0.5) is 10.1 Å². The van der Waals surface area contributed by atoms with Gasteiger partial charge >= 0.3 is 0 Å². The first kappa shape index (κ1) is 24.0. The number of methoxy groups -OCH3 is 1. The van der Waals surface area contributed by atoms with E-state index in [9.17, 15) is 14.0 Å². The van der Waals surface area contributed by atoms with Crippen molar-refractivity contribution in [1.82, 2.24) is 5.32 Å². The Bertz CT molecular complexity index is 1110. The number of carbonyl (C=O) groups is 2. The Morgan fingerprint density at radius 2 is 1.88 bits per heavy atom. The molecular formula is C27H29FN2O3S. The fourth-order valence-corrected chi connectivity index (χ4v) is 5.22. The summed E-state index contributed by atoms with van der Waals surface area (Å²) in [6.07, 6.45) is 5.22. The van der Waals surface area contributed by atoms with Gasteiger partial charge in [-0.1, -0.05) is 49.6 Å². The summed E-state index contributed by atoms with van der Waals surface area (Å²) in [5, 5.41) is 5.07. The SMILES string of the molecule is COc1ccccc1C(C(=O)NC1CCCCC1)N(C(=O)Cc1cccs1)c1cccc(F)c1. The molecule has 1 saturated carbocycles. The molecule has 0 saturated heterocycles. The number of hydrogen-bond acceptors (Lipinski definition) is 4. The lowest BCUT2D eigenvalue weighted by molar-refractivity contribution is -0.127. The Kier molecular flexibility index (Phi) is 7.95. The van der Waals surface area contributed by atoms with Crippen LogP contribution in [0, 0.1) is 5.82 Å². The molecule has 1 aliphatic carbocycles. The maximum Gasteiger partial charge on any atom is 0.248 e. The summed E-state index contributed by atoms with van der Waals surface area (Å²) in [5.41, 5.74) is 0.887. The van der Waals surface area contributed by atoms with Crippen LogP contribution in [-0.4, -0.2) is 25.0 Å². The molecule has 178 valence electrons. The summed E-state index contributed by atoms with van der Waals surface area (Å²) in [4.78, 5) is 29.8. The summed E-state index contributed by atoms with van der Waals surface area (Å²) in [6, 6.07) is 15.8. The number of benzene rings is 2. The number of amides is 2. The second kappa shape index (κ2) is 11.3. The smallest absolute Gasteiger partial charge is 0.248 e. The summed E-state index contributed by atoms with van der Waals surface area (Å²) in [7, 11) is 1.54. The third-order valence-corrected chi connectivity index (χ3v) is 7.03. The van der Waals surface area contributed by atoms with Gasteiger partial charge in [-0.15, -0.1) is 11.3 Å². The lowest BCUT2D eigenvalue weighted by Crippen LogP contribution is -2.47. The molecule has 1 aliphatic rings. The molecule has 5 nitrogen and oxygen atoms in total. The van der Waals surface area contributed by atoms with E-state index in [0.717, 1.165) is 37.0 Å². The molecule has 3 aromatic rings. The van der Waals surface area contributed by atoms with Gasteiger partial charge in [-0.2, -0.15) is 0 Å². The number of ether oxygens (including phenoxy) is 1. The predicted molar refractivity (Wildman–Crippen MR) is 133 cm³/mol. The first-order valence-corrected chi connectivity index (χ1v) is 12.5. The third kappa shape index (κ3) is 5.65. The van der Waals surface area contributed by atoms with Gasteiger partial charge in [0.05, 0.1) is 13.5 Å². The lowest BCUT2D eigenvalue weighted by Gasteiger charge is -2.34. The van der Waals surface area contributed by atoms with Crippen LogP contribution in [0.25, 0.3) is 0 Å². The molecular weight excluding hydrogens is 451 g/mol. The van der Waals surface area contributed by atoms with Crippen molar-refractivity contribution in [1.29, 1.82) is 0 Å². The Balaban J connectivity index is 1.79. The van der Waals surface area contributed by atoms with Crippen LogP contribution in [-0.2, 0) is 16.0 Å². The second-order valence-electron chi connectivity index (χ2n) is 8.49. The van der Waals surface area contributed by atoms with E-state index in [0.29, 0.717) is 17.0 Å². The standard InChI is InChI=1S/C27H29FN2O3S/c1-33-24-15-6-5-14-23(24)26(27(32)29-20-10-3-2-4-11-20)30(21-12-7-9-19(28)17-21)25(31)18-22-13-8-16-34-22/h5-9,12-17,20,26H,2-4,10-11,18H2,1H3,(H,29,32). The van der Waals surface area contributed by atoms with E-state index in [4.69, 9.17) is 4.74 Å². The Labute approximate surface area is 203 Å². The summed E-state index contributed by atoms with van der Waals surface area (Å²) >= 11 is 1.47. The van der Waals surface area contributed by atoms with Gasteiger partial charge in [0.25, 0.3) is 0 Å². The van der Waals surface area contributed by atoms with Crippen molar-refractivity contribution in [2.75, 3.05) is 12.0 Å². The normalized spacial score (nSPS) is 14.9. The Morgan fingerprint density at radius 3 is 2.59 bits per heavy atom. The van der Waals surface area contributed by atoms with E-state index in [1.54, 1.807) is 24.3 Å². The molecule has 1 fully saturated rings. The number of hydrogen-bond donors (Lipinski definition) is 1. The minimum atomic E-state index is -1.01. The van der Waals surface area contributed by atoms with Gasteiger partial charge < -0.3 is 10.1 Å². The highest BCUT2D eigenvalue weighted by molar-refractivity contribution is 7.10. The molecule has 0 aliphatic heterocycles. The maximum atomic E-state index is 14.3. The van der Waals surface area contributed by atoms with Crippen molar-refractivity contribution in [3.05, 3.63) is 82.3 Å². The van der Waals surface area contributed by atoms with E-state index in [-0.39, 0.29) is 24.3 Å². The Morgan fingerprint density at radius 1 is 1.09 bits per heavy atom.